The SMILES string of the molecule is CN(C)B1Cc2ccccc2N1C. The van der Waals surface area contributed by atoms with Crippen LogP contribution in [0.3, 0.4) is 0 Å². The van der Waals surface area contributed by atoms with Gasteiger partial charge in [-0.3, -0.25) is 0 Å². The summed E-state index contributed by atoms with van der Waals surface area (Å²) in [6, 6.07) is 8.63. The molecule has 13 heavy (non-hydrogen) atoms. The molecule has 0 aromatic heterocycles. The molecular weight excluding hydrogens is 159 g/mol. The van der Waals surface area contributed by atoms with Crippen LogP contribution in [0.2, 0.25) is 0 Å². The number of rotatable bonds is 1. The fraction of sp³-hybridized carbons (Fsp3) is 0.400. The van der Waals surface area contributed by atoms with E-state index < -0.39 is 0 Å². The number of fused-ring (bicyclic) bond motifs is 1. The Kier molecular flexibility index (Phi) is 2.04. The average Bonchev–Trinajstić information content (AvgIpc) is 2.45. The molecule has 0 saturated carbocycles. The van der Waals surface area contributed by atoms with E-state index in [0.717, 1.165) is 6.32 Å². The zero-order valence-corrected chi connectivity index (χ0v) is 8.49. The van der Waals surface area contributed by atoms with Gasteiger partial charge in [0.25, 0.3) is 0 Å². The topological polar surface area (TPSA) is 6.48 Å². The van der Waals surface area contributed by atoms with Gasteiger partial charge in [0.1, 0.15) is 0 Å². The first-order valence-electron chi connectivity index (χ1n) is 4.67. The highest BCUT2D eigenvalue weighted by molar-refractivity contribution is 6.61. The molecule has 2 rings (SSSR count). The van der Waals surface area contributed by atoms with Gasteiger partial charge in [0, 0.05) is 5.69 Å². The summed E-state index contributed by atoms with van der Waals surface area (Å²) >= 11 is 0. The highest BCUT2D eigenvalue weighted by atomic mass is 15.2. The molecule has 0 aliphatic carbocycles. The van der Waals surface area contributed by atoms with Crippen molar-refractivity contribution in [2.45, 2.75) is 6.32 Å². The van der Waals surface area contributed by atoms with Crippen LogP contribution in [-0.4, -0.2) is 32.9 Å². The van der Waals surface area contributed by atoms with Gasteiger partial charge >= 0.3 is 6.98 Å². The van der Waals surface area contributed by atoms with Gasteiger partial charge in [-0.05, 0) is 39.1 Å². The third-order valence-electron chi connectivity index (χ3n) is 2.82. The highest BCUT2D eigenvalue weighted by Crippen LogP contribution is 2.28. The highest BCUT2D eigenvalue weighted by Gasteiger charge is 2.32. The summed E-state index contributed by atoms with van der Waals surface area (Å²) in [4.78, 5) is 4.61. The van der Waals surface area contributed by atoms with E-state index in [1.165, 1.54) is 11.3 Å². The van der Waals surface area contributed by atoms with Gasteiger partial charge in [-0.15, -0.1) is 0 Å². The van der Waals surface area contributed by atoms with Crippen LogP contribution in [0.5, 0.6) is 0 Å². The number of hydrogen-bond acceptors (Lipinski definition) is 2. The maximum Gasteiger partial charge on any atom is 0.347 e. The molecule has 1 aromatic carbocycles. The summed E-state index contributed by atoms with van der Waals surface area (Å²) in [6.07, 6.45) is 1.14. The minimum absolute atomic E-state index is 0.525. The summed E-state index contributed by atoms with van der Waals surface area (Å²) in [5, 5.41) is 0. The Balaban J connectivity index is 2.32. The lowest BCUT2D eigenvalue weighted by Gasteiger charge is -2.24. The van der Waals surface area contributed by atoms with Crippen LogP contribution in [0, 0.1) is 0 Å². The van der Waals surface area contributed by atoms with Crippen molar-refractivity contribution in [1.29, 1.82) is 0 Å². The Hall–Kier alpha value is -0.955. The second kappa shape index (κ2) is 3.07. The first kappa shape index (κ1) is 8.63. The second-order valence-corrected chi connectivity index (χ2v) is 3.89. The summed E-state index contributed by atoms with van der Waals surface area (Å²) in [5.74, 6) is 0. The number of hydrogen-bond donors (Lipinski definition) is 0. The molecule has 1 heterocycles. The van der Waals surface area contributed by atoms with Gasteiger partial charge in [0.15, 0.2) is 0 Å². The Bertz CT molecular complexity index is 312. The van der Waals surface area contributed by atoms with E-state index >= 15 is 0 Å². The Morgan fingerprint density at radius 1 is 1.31 bits per heavy atom. The molecule has 0 unspecified atom stereocenters. The van der Waals surface area contributed by atoms with Gasteiger partial charge in [-0.25, -0.2) is 0 Å². The third-order valence-corrected chi connectivity index (χ3v) is 2.82. The van der Waals surface area contributed by atoms with Crippen LogP contribution in [0.25, 0.3) is 0 Å². The van der Waals surface area contributed by atoms with Crippen LogP contribution in [0.4, 0.5) is 5.69 Å². The van der Waals surface area contributed by atoms with Crippen molar-refractivity contribution in [2.75, 3.05) is 26.0 Å². The van der Waals surface area contributed by atoms with E-state index in [0.29, 0.717) is 6.98 Å². The molecule has 1 aliphatic heterocycles. The van der Waals surface area contributed by atoms with Crippen LogP contribution in [0.15, 0.2) is 24.3 Å². The van der Waals surface area contributed by atoms with Crippen molar-refractivity contribution in [3.8, 4) is 0 Å². The predicted molar refractivity (Wildman–Crippen MR) is 58.0 cm³/mol. The molecular formula is C10H15BN2. The van der Waals surface area contributed by atoms with Gasteiger partial charge in [-0.2, -0.15) is 0 Å². The molecule has 3 heteroatoms. The number of para-hydroxylation sites is 1. The molecule has 0 amide bonds. The normalized spacial score (nSPS) is 15.4. The lowest BCUT2D eigenvalue weighted by atomic mass is 9.71. The van der Waals surface area contributed by atoms with Gasteiger partial charge < -0.3 is 9.62 Å². The van der Waals surface area contributed by atoms with Crippen LogP contribution in [0.1, 0.15) is 5.56 Å². The third kappa shape index (κ3) is 1.33. The largest absolute Gasteiger partial charge is 0.403 e. The fourth-order valence-corrected chi connectivity index (χ4v) is 2.05. The zero-order valence-electron chi connectivity index (χ0n) is 8.49. The number of anilines is 1. The summed E-state index contributed by atoms with van der Waals surface area (Å²) < 4.78 is 0. The number of benzene rings is 1. The van der Waals surface area contributed by atoms with Gasteiger partial charge in [0.2, 0.25) is 0 Å². The molecule has 0 radical (unpaired) electrons. The summed E-state index contributed by atoms with van der Waals surface area (Å²) in [5.41, 5.74) is 2.84. The van der Waals surface area contributed by atoms with Crippen molar-refractivity contribution < 1.29 is 0 Å². The Labute approximate surface area is 80.3 Å². The second-order valence-electron chi connectivity index (χ2n) is 3.89. The van der Waals surface area contributed by atoms with Crippen LogP contribution >= 0.6 is 0 Å². The van der Waals surface area contributed by atoms with E-state index in [2.05, 4.69) is 55.0 Å². The maximum atomic E-state index is 2.34. The monoisotopic (exact) mass is 174 g/mol. The van der Waals surface area contributed by atoms with Crippen molar-refractivity contribution in [1.82, 2.24) is 4.81 Å². The molecule has 0 spiro atoms. The van der Waals surface area contributed by atoms with E-state index in [4.69, 9.17) is 0 Å². The standard InChI is InChI=1S/C10H15BN2/c1-12(2)11-8-9-6-4-5-7-10(9)13(11)3/h4-7H,8H2,1-3H3. The van der Waals surface area contributed by atoms with Crippen molar-refractivity contribution in [2.24, 2.45) is 0 Å². The van der Waals surface area contributed by atoms with Crippen molar-refractivity contribution in [3.63, 3.8) is 0 Å². The maximum absolute atomic E-state index is 2.34. The molecule has 0 atom stereocenters. The minimum atomic E-state index is 0.525. The molecule has 0 saturated heterocycles. The van der Waals surface area contributed by atoms with Crippen molar-refractivity contribution >= 4 is 12.7 Å². The van der Waals surface area contributed by atoms with E-state index in [1.54, 1.807) is 0 Å². The Morgan fingerprint density at radius 2 is 2.00 bits per heavy atom. The molecule has 1 aliphatic rings. The molecule has 0 N–H and O–H groups in total. The molecule has 0 bridgehead atoms. The fourth-order valence-electron chi connectivity index (χ4n) is 2.05. The minimum Gasteiger partial charge on any atom is -0.403 e. The Morgan fingerprint density at radius 3 is 2.62 bits per heavy atom. The zero-order chi connectivity index (χ0) is 9.42. The summed E-state index contributed by atoms with van der Waals surface area (Å²) in [7, 11) is 6.43. The van der Waals surface area contributed by atoms with Crippen LogP contribution in [-0.2, 0) is 6.32 Å². The van der Waals surface area contributed by atoms with Crippen LogP contribution < -0.4 is 4.81 Å². The summed E-state index contributed by atoms with van der Waals surface area (Å²) in [6.45, 7) is 0.525. The lowest BCUT2D eigenvalue weighted by molar-refractivity contribution is 0.633. The molecule has 68 valence electrons. The smallest absolute Gasteiger partial charge is 0.347 e. The van der Waals surface area contributed by atoms with Crippen molar-refractivity contribution in [3.05, 3.63) is 29.8 Å². The predicted octanol–water partition coefficient (Wildman–Crippen LogP) is 1.27. The molecule has 2 nitrogen and oxygen atoms in total. The first-order chi connectivity index (χ1) is 6.20. The van der Waals surface area contributed by atoms with E-state index in [1.807, 2.05) is 0 Å². The van der Waals surface area contributed by atoms with Gasteiger partial charge in [0.05, 0.1) is 0 Å². The van der Waals surface area contributed by atoms with E-state index in [9.17, 15) is 0 Å². The van der Waals surface area contributed by atoms with Gasteiger partial charge in [-0.1, -0.05) is 18.2 Å². The van der Waals surface area contributed by atoms with E-state index in [-0.39, 0.29) is 0 Å². The number of nitrogens with zero attached hydrogens (tertiary/aromatic N) is 2. The average molecular weight is 174 g/mol. The molecule has 1 aromatic rings. The first-order valence-corrected chi connectivity index (χ1v) is 4.67. The quantitative estimate of drug-likeness (QED) is 0.591. The lowest BCUT2D eigenvalue weighted by Crippen LogP contribution is -2.45. The molecule has 0 fully saturated rings.